The van der Waals surface area contributed by atoms with Crippen molar-refractivity contribution in [1.82, 2.24) is 0 Å². The van der Waals surface area contributed by atoms with E-state index in [4.69, 9.17) is 9.84 Å². The fourth-order valence-corrected chi connectivity index (χ4v) is 2.12. The van der Waals surface area contributed by atoms with E-state index in [9.17, 15) is 9.59 Å². The molecular formula is C17H24O4. The van der Waals surface area contributed by atoms with Gasteiger partial charge in [-0.2, -0.15) is 0 Å². The molecule has 21 heavy (non-hydrogen) atoms. The van der Waals surface area contributed by atoms with Crippen LogP contribution in [-0.2, 0) is 9.53 Å². The number of carboxylic acids is 1. The molecule has 0 aromatic heterocycles. The zero-order valence-electron chi connectivity index (χ0n) is 12.6. The molecule has 0 amide bonds. The highest BCUT2D eigenvalue weighted by molar-refractivity contribution is 5.89. The standard InChI is InChI=1S/C17H24O4/c1-14(10-6-3-2-4-9-13-16(18)19)21-17(20)15-11-7-5-8-12-15/h5,7-8,11-12,14H,2-4,6,9-10,13H2,1H3,(H,18,19). The third-order valence-corrected chi connectivity index (χ3v) is 3.32. The lowest BCUT2D eigenvalue weighted by molar-refractivity contribution is -0.137. The van der Waals surface area contributed by atoms with E-state index < -0.39 is 5.97 Å². The zero-order valence-corrected chi connectivity index (χ0v) is 12.6. The summed E-state index contributed by atoms with van der Waals surface area (Å²) in [4.78, 5) is 22.2. The van der Waals surface area contributed by atoms with Crippen LogP contribution in [0.15, 0.2) is 30.3 Å². The van der Waals surface area contributed by atoms with Gasteiger partial charge in [0, 0.05) is 6.42 Å². The second kappa shape index (κ2) is 9.97. The molecule has 1 rings (SSSR count). The van der Waals surface area contributed by atoms with Gasteiger partial charge in [0.25, 0.3) is 0 Å². The number of aliphatic carboxylic acids is 1. The van der Waals surface area contributed by atoms with Crippen molar-refractivity contribution in [2.45, 2.75) is 58.0 Å². The van der Waals surface area contributed by atoms with E-state index in [1.165, 1.54) is 0 Å². The van der Waals surface area contributed by atoms with Crippen molar-refractivity contribution in [2.24, 2.45) is 0 Å². The Hall–Kier alpha value is -1.84. The molecule has 1 unspecified atom stereocenters. The van der Waals surface area contributed by atoms with E-state index in [0.717, 1.165) is 38.5 Å². The number of hydrogen-bond acceptors (Lipinski definition) is 3. The topological polar surface area (TPSA) is 63.6 Å². The van der Waals surface area contributed by atoms with E-state index in [2.05, 4.69) is 0 Å². The molecule has 0 spiro atoms. The monoisotopic (exact) mass is 292 g/mol. The molecule has 0 saturated heterocycles. The average Bonchev–Trinajstić information content (AvgIpc) is 2.46. The number of carbonyl (C=O) groups excluding carboxylic acids is 1. The average molecular weight is 292 g/mol. The zero-order chi connectivity index (χ0) is 15.5. The van der Waals surface area contributed by atoms with Crippen molar-refractivity contribution in [3.63, 3.8) is 0 Å². The first-order valence-corrected chi connectivity index (χ1v) is 7.57. The molecule has 116 valence electrons. The highest BCUT2D eigenvalue weighted by Crippen LogP contribution is 2.12. The molecule has 4 heteroatoms. The van der Waals surface area contributed by atoms with Gasteiger partial charge in [-0.15, -0.1) is 0 Å². The van der Waals surface area contributed by atoms with Gasteiger partial charge in [-0.25, -0.2) is 4.79 Å². The molecule has 0 aliphatic rings. The lowest BCUT2D eigenvalue weighted by Crippen LogP contribution is -2.14. The predicted molar refractivity (Wildman–Crippen MR) is 81.3 cm³/mol. The van der Waals surface area contributed by atoms with Gasteiger partial charge in [0.1, 0.15) is 0 Å². The van der Waals surface area contributed by atoms with Crippen LogP contribution in [0, 0.1) is 0 Å². The number of benzene rings is 1. The highest BCUT2D eigenvalue weighted by Gasteiger charge is 2.11. The minimum atomic E-state index is -0.726. The second-order valence-corrected chi connectivity index (χ2v) is 5.28. The van der Waals surface area contributed by atoms with E-state index >= 15 is 0 Å². The maximum Gasteiger partial charge on any atom is 0.338 e. The number of carbonyl (C=O) groups is 2. The van der Waals surface area contributed by atoms with Gasteiger partial charge in [0.05, 0.1) is 11.7 Å². The van der Waals surface area contributed by atoms with Crippen LogP contribution in [0.5, 0.6) is 0 Å². The summed E-state index contributed by atoms with van der Waals surface area (Å²) in [6, 6.07) is 9.00. The molecule has 4 nitrogen and oxygen atoms in total. The lowest BCUT2D eigenvalue weighted by atomic mass is 10.1. The largest absolute Gasteiger partial charge is 0.481 e. The lowest BCUT2D eigenvalue weighted by Gasteiger charge is -2.13. The van der Waals surface area contributed by atoms with Gasteiger partial charge in [0.2, 0.25) is 0 Å². The molecule has 0 aliphatic carbocycles. The third kappa shape index (κ3) is 8.12. The molecule has 0 aliphatic heterocycles. The summed E-state index contributed by atoms with van der Waals surface area (Å²) in [5, 5.41) is 8.52. The Morgan fingerprint density at radius 1 is 1.05 bits per heavy atom. The summed E-state index contributed by atoms with van der Waals surface area (Å²) >= 11 is 0. The number of ether oxygens (including phenoxy) is 1. The van der Waals surface area contributed by atoms with E-state index in [0.29, 0.717) is 5.56 Å². The van der Waals surface area contributed by atoms with Crippen LogP contribution in [0.3, 0.4) is 0 Å². The minimum absolute atomic E-state index is 0.0864. The first-order chi connectivity index (χ1) is 10.1. The predicted octanol–water partition coefficient (Wildman–Crippen LogP) is 4.05. The molecule has 1 N–H and O–H groups in total. The number of hydrogen-bond donors (Lipinski definition) is 1. The van der Waals surface area contributed by atoms with E-state index in [1.54, 1.807) is 12.1 Å². The van der Waals surface area contributed by atoms with Gasteiger partial charge in [-0.1, -0.05) is 37.5 Å². The van der Waals surface area contributed by atoms with Crippen LogP contribution in [0.4, 0.5) is 0 Å². The van der Waals surface area contributed by atoms with Gasteiger partial charge < -0.3 is 9.84 Å². The Labute approximate surface area is 126 Å². The maximum atomic E-state index is 11.8. The van der Waals surface area contributed by atoms with E-state index in [-0.39, 0.29) is 18.5 Å². The fourth-order valence-electron chi connectivity index (χ4n) is 2.12. The van der Waals surface area contributed by atoms with Crippen LogP contribution in [0.25, 0.3) is 0 Å². The summed E-state index contributed by atoms with van der Waals surface area (Å²) in [6.07, 6.45) is 5.79. The fraction of sp³-hybridized carbons (Fsp3) is 0.529. The normalized spacial score (nSPS) is 11.9. The molecule has 1 atom stereocenters. The number of esters is 1. The van der Waals surface area contributed by atoms with Crippen molar-refractivity contribution in [3.8, 4) is 0 Å². The van der Waals surface area contributed by atoms with Gasteiger partial charge >= 0.3 is 11.9 Å². The first kappa shape index (κ1) is 17.2. The van der Waals surface area contributed by atoms with Crippen molar-refractivity contribution < 1.29 is 19.4 Å². The number of unbranched alkanes of at least 4 members (excludes halogenated alkanes) is 4. The molecular weight excluding hydrogens is 268 g/mol. The van der Waals surface area contributed by atoms with Crippen molar-refractivity contribution in [2.75, 3.05) is 0 Å². The Morgan fingerprint density at radius 3 is 2.33 bits per heavy atom. The van der Waals surface area contributed by atoms with Gasteiger partial charge in [-0.05, 0) is 38.3 Å². The van der Waals surface area contributed by atoms with Crippen molar-refractivity contribution >= 4 is 11.9 Å². The second-order valence-electron chi connectivity index (χ2n) is 5.28. The quantitative estimate of drug-likeness (QED) is 0.522. The molecule has 0 fully saturated rings. The SMILES string of the molecule is CC(CCCCCCCC(=O)O)OC(=O)c1ccccc1. The third-order valence-electron chi connectivity index (χ3n) is 3.32. The minimum Gasteiger partial charge on any atom is -0.481 e. The van der Waals surface area contributed by atoms with Gasteiger partial charge in [0.15, 0.2) is 0 Å². The number of carboxylic acid groups (broad SMARTS) is 1. The maximum absolute atomic E-state index is 11.8. The van der Waals surface area contributed by atoms with Crippen LogP contribution < -0.4 is 0 Å². The summed E-state index contributed by atoms with van der Waals surface area (Å²) in [7, 11) is 0. The molecule has 0 bridgehead atoms. The van der Waals surface area contributed by atoms with Crippen molar-refractivity contribution in [1.29, 1.82) is 0 Å². The Balaban J connectivity index is 2.07. The smallest absolute Gasteiger partial charge is 0.338 e. The summed E-state index contributed by atoms with van der Waals surface area (Å²) in [6.45, 7) is 1.91. The van der Waals surface area contributed by atoms with Gasteiger partial charge in [-0.3, -0.25) is 4.79 Å². The molecule has 0 radical (unpaired) electrons. The van der Waals surface area contributed by atoms with E-state index in [1.807, 2.05) is 25.1 Å². The first-order valence-electron chi connectivity index (χ1n) is 7.57. The van der Waals surface area contributed by atoms with Crippen LogP contribution >= 0.6 is 0 Å². The number of rotatable bonds is 10. The Morgan fingerprint density at radius 2 is 1.67 bits per heavy atom. The van der Waals surface area contributed by atoms with Crippen molar-refractivity contribution in [3.05, 3.63) is 35.9 Å². The summed E-state index contributed by atoms with van der Waals surface area (Å²) < 4.78 is 5.38. The Bertz CT molecular complexity index is 428. The summed E-state index contributed by atoms with van der Waals surface area (Å²) in [5.74, 6) is -0.999. The molecule has 0 heterocycles. The summed E-state index contributed by atoms with van der Waals surface area (Å²) in [5.41, 5.74) is 0.582. The molecule has 0 saturated carbocycles. The highest BCUT2D eigenvalue weighted by atomic mass is 16.5. The molecule has 1 aromatic rings. The Kier molecular flexibility index (Phi) is 8.17. The van der Waals surface area contributed by atoms with Crippen LogP contribution in [0.1, 0.15) is 62.2 Å². The molecule has 1 aromatic carbocycles. The van der Waals surface area contributed by atoms with Crippen LogP contribution in [-0.4, -0.2) is 23.1 Å². The van der Waals surface area contributed by atoms with Crippen LogP contribution in [0.2, 0.25) is 0 Å².